The second kappa shape index (κ2) is 5.51. The summed E-state index contributed by atoms with van der Waals surface area (Å²) in [4.78, 5) is 2.62. The highest BCUT2D eigenvalue weighted by atomic mass is 16.5. The van der Waals surface area contributed by atoms with E-state index in [1.807, 2.05) is 13.0 Å². The summed E-state index contributed by atoms with van der Waals surface area (Å²) < 4.78 is 5.62. The molecule has 1 aliphatic heterocycles. The Hall–Kier alpha value is -1.06. The number of hydrogen-bond donors (Lipinski definition) is 1. The summed E-state index contributed by atoms with van der Waals surface area (Å²) >= 11 is 0. The zero-order valence-corrected chi connectivity index (χ0v) is 11.7. The number of nitrogens with zero attached hydrogens (tertiary/aromatic N) is 1. The van der Waals surface area contributed by atoms with Gasteiger partial charge in [-0.2, -0.15) is 0 Å². The van der Waals surface area contributed by atoms with Crippen molar-refractivity contribution in [3.63, 3.8) is 0 Å². The van der Waals surface area contributed by atoms with Crippen molar-refractivity contribution in [1.29, 1.82) is 0 Å². The van der Waals surface area contributed by atoms with E-state index >= 15 is 0 Å². The van der Waals surface area contributed by atoms with E-state index in [2.05, 4.69) is 23.1 Å². The Morgan fingerprint density at radius 2 is 2.16 bits per heavy atom. The first kappa shape index (κ1) is 12.9. The number of benzene rings is 1. The zero-order valence-electron chi connectivity index (χ0n) is 11.7. The van der Waals surface area contributed by atoms with Gasteiger partial charge in [0, 0.05) is 12.1 Å². The molecule has 104 valence electrons. The topological polar surface area (TPSA) is 38.5 Å². The van der Waals surface area contributed by atoms with Crippen LogP contribution in [0.25, 0.3) is 0 Å². The molecule has 0 bridgehead atoms. The summed E-state index contributed by atoms with van der Waals surface area (Å²) in [6.45, 7) is 3.93. The number of piperidine rings is 1. The van der Waals surface area contributed by atoms with E-state index in [4.69, 9.17) is 10.5 Å². The molecule has 0 radical (unpaired) electrons. The van der Waals surface area contributed by atoms with Gasteiger partial charge < -0.3 is 10.5 Å². The molecular weight excluding hydrogens is 236 g/mol. The molecule has 1 aromatic rings. The molecule has 3 rings (SSSR count). The first-order chi connectivity index (χ1) is 9.29. The summed E-state index contributed by atoms with van der Waals surface area (Å²) in [6.07, 6.45) is 5.05. The van der Waals surface area contributed by atoms with Crippen LogP contribution in [0, 0.1) is 0 Å². The van der Waals surface area contributed by atoms with Gasteiger partial charge in [0.15, 0.2) is 0 Å². The third-order valence-corrected chi connectivity index (χ3v) is 4.24. The summed E-state index contributed by atoms with van der Waals surface area (Å²) in [5.41, 5.74) is 7.73. The van der Waals surface area contributed by atoms with Gasteiger partial charge in [-0.05, 0) is 56.8 Å². The van der Waals surface area contributed by atoms with Crippen LogP contribution in [0.15, 0.2) is 24.3 Å². The number of likely N-dealkylation sites (tertiary alicyclic amines) is 1. The Morgan fingerprint density at radius 3 is 2.89 bits per heavy atom. The predicted octanol–water partition coefficient (Wildman–Crippen LogP) is 2.71. The Bertz CT molecular complexity index is 431. The van der Waals surface area contributed by atoms with Gasteiger partial charge in [-0.25, -0.2) is 0 Å². The lowest BCUT2D eigenvalue weighted by Gasteiger charge is -2.40. The molecule has 1 saturated heterocycles. The largest absolute Gasteiger partial charge is 0.494 e. The fourth-order valence-corrected chi connectivity index (χ4v) is 3.26. The van der Waals surface area contributed by atoms with E-state index in [1.165, 1.54) is 31.4 Å². The quantitative estimate of drug-likeness (QED) is 0.904. The van der Waals surface area contributed by atoms with Crippen LogP contribution in [-0.4, -0.2) is 30.1 Å². The van der Waals surface area contributed by atoms with Crippen LogP contribution in [-0.2, 0) is 0 Å². The molecule has 2 aliphatic rings. The van der Waals surface area contributed by atoms with Crippen LogP contribution in [0.4, 0.5) is 0 Å². The van der Waals surface area contributed by atoms with Crippen LogP contribution in [0.5, 0.6) is 5.75 Å². The van der Waals surface area contributed by atoms with E-state index in [0.717, 1.165) is 18.2 Å². The molecule has 1 saturated carbocycles. The smallest absolute Gasteiger partial charge is 0.119 e. The van der Waals surface area contributed by atoms with Crippen molar-refractivity contribution in [2.24, 2.45) is 5.73 Å². The molecule has 2 N–H and O–H groups in total. The summed E-state index contributed by atoms with van der Waals surface area (Å²) in [7, 11) is 0. The molecule has 1 heterocycles. The fraction of sp³-hybridized carbons (Fsp3) is 0.625. The van der Waals surface area contributed by atoms with E-state index in [1.54, 1.807) is 0 Å². The average molecular weight is 260 g/mol. The van der Waals surface area contributed by atoms with Crippen molar-refractivity contribution in [1.82, 2.24) is 4.90 Å². The minimum Gasteiger partial charge on any atom is -0.494 e. The van der Waals surface area contributed by atoms with Crippen molar-refractivity contribution in [2.75, 3.05) is 13.2 Å². The van der Waals surface area contributed by atoms with Crippen LogP contribution in [0.2, 0.25) is 0 Å². The van der Waals surface area contributed by atoms with E-state index in [0.29, 0.717) is 12.6 Å². The first-order valence-corrected chi connectivity index (χ1v) is 7.53. The molecule has 19 heavy (non-hydrogen) atoms. The molecule has 0 aromatic heterocycles. The average Bonchev–Trinajstić information content (AvgIpc) is 3.23. The Labute approximate surface area is 115 Å². The van der Waals surface area contributed by atoms with Gasteiger partial charge in [0.1, 0.15) is 5.75 Å². The maximum Gasteiger partial charge on any atom is 0.119 e. The molecule has 0 amide bonds. The molecule has 2 unspecified atom stereocenters. The fourth-order valence-electron chi connectivity index (χ4n) is 3.26. The highest BCUT2D eigenvalue weighted by molar-refractivity contribution is 5.32. The molecule has 0 spiro atoms. The van der Waals surface area contributed by atoms with Gasteiger partial charge in [-0.3, -0.25) is 4.90 Å². The minimum absolute atomic E-state index is 0.256. The molecular formula is C16H24N2O. The lowest BCUT2D eigenvalue weighted by Crippen LogP contribution is -2.46. The maximum atomic E-state index is 6.41. The van der Waals surface area contributed by atoms with Crippen molar-refractivity contribution < 1.29 is 4.74 Å². The predicted molar refractivity (Wildman–Crippen MR) is 77.3 cm³/mol. The van der Waals surface area contributed by atoms with Gasteiger partial charge >= 0.3 is 0 Å². The number of hydrogen-bond acceptors (Lipinski definition) is 3. The molecule has 1 aliphatic carbocycles. The molecule has 3 heteroatoms. The number of ether oxygens (including phenoxy) is 1. The monoisotopic (exact) mass is 260 g/mol. The van der Waals surface area contributed by atoms with Crippen molar-refractivity contribution >= 4 is 0 Å². The Morgan fingerprint density at radius 1 is 1.32 bits per heavy atom. The van der Waals surface area contributed by atoms with Gasteiger partial charge in [0.2, 0.25) is 0 Å². The molecule has 2 atom stereocenters. The highest BCUT2D eigenvalue weighted by Gasteiger charge is 2.39. The molecule has 3 nitrogen and oxygen atoms in total. The summed E-state index contributed by atoms with van der Waals surface area (Å²) in [6, 6.07) is 9.90. The summed E-state index contributed by atoms with van der Waals surface area (Å²) in [5, 5.41) is 0. The van der Waals surface area contributed by atoms with Crippen LogP contribution >= 0.6 is 0 Å². The molecule has 2 fully saturated rings. The highest BCUT2D eigenvalue weighted by Crippen LogP contribution is 2.39. The number of nitrogens with two attached hydrogens (primary N) is 1. The Kier molecular flexibility index (Phi) is 3.76. The standard InChI is InChI=1S/C16H24N2O/c1-2-19-14-6-3-5-12(11-14)16-15(17)7-4-10-18(16)13-8-9-13/h3,5-6,11,13,15-16H,2,4,7-10,17H2,1H3. The molecule has 1 aromatic carbocycles. The zero-order chi connectivity index (χ0) is 13.2. The minimum atomic E-state index is 0.256. The van der Waals surface area contributed by atoms with Crippen molar-refractivity contribution in [2.45, 2.75) is 50.7 Å². The van der Waals surface area contributed by atoms with Gasteiger partial charge in [0.25, 0.3) is 0 Å². The SMILES string of the molecule is CCOc1cccc(C2C(N)CCCN2C2CC2)c1. The van der Waals surface area contributed by atoms with Crippen LogP contribution in [0.3, 0.4) is 0 Å². The summed E-state index contributed by atoms with van der Waals surface area (Å²) in [5.74, 6) is 0.966. The van der Waals surface area contributed by atoms with Crippen LogP contribution in [0.1, 0.15) is 44.2 Å². The van der Waals surface area contributed by atoms with E-state index in [-0.39, 0.29) is 6.04 Å². The van der Waals surface area contributed by atoms with Crippen molar-refractivity contribution in [3.8, 4) is 5.75 Å². The number of rotatable bonds is 4. The third kappa shape index (κ3) is 2.77. The van der Waals surface area contributed by atoms with E-state index < -0.39 is 0 Å². The Balaban J connectivity index is 1.85. The van der Waals surface area contributed by atoms with Gasteiger partial charge in [-0.1, -0.05) is 12.1 Å². The maximum absolute atomic E-state index is 6.41. The van der Waals surface area contributed by atoms with E-state index in [9.17, 15) is 0 Å². The first-order valence-electron chi connectivity index (χ1n) is 7.53. The second-order valence-corrected chi connectivity index (χ2v) is 5.73. The third-order valence-electron chi connectivity index (χ3n) is 4.24. The lowest BCUT2D eigenvalue weighted by atomic mass is 9.90. The lowest BCUT2D eigenvalue weighted by molar-refractivity contribution is 0.119. The van der Waals surface area contributed by atoms with Crippen LogP contribution < -0.4 is 10.5 Å². The van der Waals surface area contributed by atoms with Gasteiger partial charge in [0.05, 0.1) is 12.6 Å². The van der Waals surface area contributed by atoms with Gasteiger partial charge in [-0.15, -0.1) is 0 Å². The van der Waals surface area contributed by atoms with Crippen molar-refractivity contribution in [3.05, 3.63) is 29.8 Å². The second-order valence-electron chi connectivity index (χ2n) is 5.73. The normalized spacial score (nSPS) is 28.3.